The van der Waals surface area contributed by atoms with Crippen LogP contribution >= 0.6 is 11.8 Å². The maximum atomic E-state index is 13.3. The Morgan fingerprint density at radius 1 is 1.00 bits per heavy atom. The van der Waals surface area contributed by atoms with E-state index in [4.69, 9.17) is 9.47 Å². The molecular weight excluding hydrogens is 470 g/mol. The molecule has 0 aromatic heterocycles. The number of anilines is 1. The average Bonchev–Trinajstić information content (AvgIpc) is 2.93. The van der Waals surface area contributed by atoms with Crippen molar-refractivity contribution in [3.05, 3.63) is 101 Å². The van der Waals surface area contributed by atoms with Crippen LogP contribution in [0.5, 0.6) is 11.5 Å². The molecule has 1 atom stereocenters. The van der Waals surface area contributed by atoms with E-state index in [1.807, 2.05) is 85.8 Å². The number of rotatable bonds is 7. The van der Waals surface area contributed by atoms with Gasteiger partial charge in [-0.2, -0.15) is 5.26 Å². The molecule has 0 saturated carbocycles. The molecule has 2 heterocycles. The topological polar surface area (TPSA) is 65.8 Å². The van der Waals surface area contributed by atoms with Gasteiger partial charge in [-0.05, 0) is 54.4 Å². The number of nitrogens with zero attached hydrogens (tertiary/aromatic N) is 3. The normalized spacial score (nSPS) is 17.4. The molecule has 2 aliphatic heterocycles. The third kappa shape index (κ3) is 5.05. The first-order valence-electron chi connectivity index (χ1n) is 12.0. The van der Waals surface area contributed by atoms with Crippen molar-refractivity contribution >= 4 is 23.4 Å². The van der Waals surface area contributed by atoms with Crippen molar-refractivity contribution in [3.63, 3.8) is 0 Å². The molecule has 182 valence electrons. The Balaban J connectivity index is 1.34. The molecule has 3 aromatic rings. The van der Waals surface area contributed by atoms with Crippen LogP contribution in [0.3, 0.4) is 0 Å². The van der Waals surface area contributed by atoms with Gasteiger partial charge in [0.25, 0.3) is 0 Å². The van der Waals surface area contributed by atoms with Crippen molar-refractivity contribution in [3.8, 4) is 17.6 Å². The number of hydrogen-bond acceptors (Lipinski definition) is 6. The number of allylic oxidation sites excluding steroid dienone is 1. The lowest BCUT2D eigenvalue weighted by Crippen LogP contribution is -2.47. The maximum absolute atomic E-state index is 13.3. The summed E-state index contributed by atoms with van der Waals surface area (Å²) < 4.78 is 11.5. The number of ether oxygens (including phenoxy) is 2. The zero-order valence-electron chi connectivity index (χ0n) is 20.1. The fourth-order valence-electron chi connectivity index (χ4n) is 4.49. The predicted octanol–water partition coefficient (Wildman–Crippen LogP) is 5.88. The molecule has 0 N–H and O–H groups in total. The Bertz CT molecular complexity index is 1300. The average molecular weight is 498 g/mol. The molecule has 1 saturated heterocycles. The van der Waals surface area contributed by atoms with Crippen molar-refractivity contribution < 1.29 is 14.3 Å². The van der Waals surface area contributed by atoms with Gasteiger partial charge in [0.1, 0.15) is 18.1 Å². The highest BCUT2D eigenvalue weighted by Gasteiger charge is 2.38. The van der Waals surface area contributed by atoms with Gasteiger partial charge in [0, 0.05) is 18.0 Å². The number of fused-ring (bicyclic) bond motifs is 1. The number of hydrogen-bond donors (Lipinski definition) is 0. The molecule has 1 fully saturated rings. The molecule has 0 aliphatic carbocycles. The van der Waals surface area contributed by atoms with Crippen LogP contribution in [0.15, 0.2) is 89.5 Å². The van der Waals surface area contributed by atoms with Gasteiger partial charge in [0.15, 0.2) is 0 Å². The molecule has 1 amide bonds. The lowest BCUT2D eigenvalue weighted by atomic mass is 9.86. The Labute approximate surface area is 215 Å². The summed E-state index contributed by atoms with van der Waals surface area (Å²) in [4.78, 5) is 17.2. The highest BCUT2D eigenvalue weighted by molar-refractivity contribution is 8.03. The van der Waals surface area contributed by atoms with Crippen molar-refractivity contribution in [2.24, 2.45) is 0 Å². The lowest BCUT2D eigenvalue weighted by molar-refractivity contribution is -0.129. The first-order chi connectivity index (χ1) is 17.7. The maximum Gasteiger partial charge on any atom is 0.229 e. The molecule has 5 rings (SSSR count). The second-order valence-electron chi connectivity index (χ2n) is 8.64. The molecular formula is C29H27N3O3S. The Morgan fingerprint density at radius 3 is 2.56 bits per heavy atom. The number of carbonyl (C=O) groups is 1. The lowest BCUT2D eigenvalue weighted by Gasteiger charge is -2.42. The van der Waals surface area contributed by atoms with Gasteiger partial charge in [-0.15, -0.1) is 0 Å². The van der Waals surface area contributed by atoms with Crippen LogP contribution < -0.4 is 14.4 Å². The fraction of sp³-hybridized carbons (Fsp3) is 0.241. The van der Waals surface area contributed by atoms with Crippen LogP contribution in [-0.4, -0.2) is 30.0 Å². The Hall–Kier alpha value is -3.89. The van der Waals surface area contributed by atoms with E-state index in [2.05, 4.69) is 11.0 Å². The number of thioether (sulfide) groups is 1. The fourth-order valence-corrected chi connectivity index (χ4v) is 5.66. The number of amides is 1. The minimum absolute atomic E-state index is 0.0211. The minimum atomic E-state index is -0.279. The highest BCUT2D eigenvalue weighted by Crippen LogP contribution is 2.43. The van der Waals surface area contributed by atoms with E-state index in [-0.39, 0.29) is 18.2 Å². The van der Waals surface area contributed by atoms with E-state index >= 15 is 0 Å². The van der Waals surface area contributed by atoms with Gasteiger partial charge in [-0.3, -0.25) is 9.69 Å². The second kappa shape index (κ2) is 10.8. The second-order valence-corrected chi connectivity index (χ2v) is 9.57. The van der Waals surface area contributed by atoms with Crippen molar-refractivity contribution in [2.75, 3.05) is 24.1 Å². The monoisotopic (exact) mass is 497 g/mol. The van der Waals surface area contributed by atoms with Crippen molar-refractivity contribution in [1.29, 1.82) is 5.26 Å². The molecule has 0 bridgehead atoms. The van der Waals surface area contributed by atoms with E-state index < -0.39 is 0 Å². The summed E-state index contributed by atoms with van der Waals surface area (Å²) in [7, 11) is 0. The molecule has 0 radical (unpaired) electrons. The summed E-state index contributed by atoms with van der Waals surface area (Å²) in [6.45, 7) is 3.47. The molecule has 3 aromatic carbocycles. The molecule has 36 heavy (non-hydrogen) atoms. The standard InChI is InChI=1S/C29H27N3O3S/c1-2-34-24-13-11-23(12-14-24)31-19-32-28(33)16-26(27(17-30)29(32)36-20-31)22-9-6-10-25(15-22)35-18-21-7-4-3-5-8-21/h3-15,26H,2,16,18-20H2,1H3. The van der Waals surface area contributed by atoms with Crippen LogP contribution in [0.25, 0.3) is 0 Å². The van der Waals surface area contributed by atoms with E-state index in [0.717, 1.165) is 33.3 Å². The summed E-state index contributed by atoms with van der Waals surface area (Å²) in [5.74, 6) is 1.95. The number of benzene rings is 3. The summed E-state index contributed by atoms with van der Waals surface area (Å²) in [6.07, 6.45) is 0.256. The highest BCUT2D eigenvalue weighted by atomic mass is 32.2. The third-order valence-electron chi connectivity index (χ3n) is 6.32. The van der Waals surface area contributed by atoms with E-state index in [9.17, 15) is 10.1 Å². The third-order valence-corrected chi connectivity index (χ3v) is 7.47. The Kier molecular flexibility index (Phi) is 7.15. The number of nitriles is 1. The van der Waals surface area contributed by atoms with E-state index in [1.165, 1.54) is 11.8 Å². The largest absolute Gasteiger partial charge is 0.494 e. The zero-order chi connectivity index (χ0) is 24.9. The van der Waals surface area contributed by atoms with Gasteiger partial charge in [0.05, 0.1) is 35.8 Å². The van der Waals surface area contributed by atoms with Gasteiger partial charge in [-0.25, -0.2) is 0 Å². The van der Waals surface area contributed by atoms with Gasteiger partial charge in [0.2, 0.25) is 5.91 Å². The van der Waals surface area contributed by atoms with Gasteiger partial charge >= 0.3 is 0 Å². The van der Waals surface area contributed by atoms with Crippen molar-refractivity contribution in [1.82, 2.24) is 4.90 Å². The van der Waals surface area contributed by atoms with Gasteiger partial charge < -0.3 is 14.4 Å². The molecule has 0 spiro atoms. The first kappa shape index (κ1) is 23.8. The summed E-state index contributed by atoms with van der Waals surface area (Å²) in [6, 6.07) is 28.1. The minimum Gasteiger partial charge on any atom is -0.494 e. The zero-order valence-corrected chi connectivity index (χ0v) is 20.9. The summed E-state index contributed by atoms with van der Waals surface area (Å²) >= 11 is 1.54. The summed E-state index contributed by atoms with van der Waals surface area (Å²) in [5.41, 5.74) is 3.67. The van der Waals surface area contributed by atoms with Crippen LogP contribution in [0.4, 0.5) is 5.69 Å². The van der Waals surface area contributed by atoms with Crippen LogP contribution in [0.2, 0.25) is 0 Å². The van der Waals surface area contributed by atoms with Crippen LogP contribution in [-0.2, 0) is 11.4 Å². The molecule has 6 nitrogen and oxygen atoms in total. The molecule has 1 unspecified atom stereocenters. The summed E-state index contributed by atoms with van der Waals surface area (Å²) in [5, 5.41) is 10.9. The molecule has 7 heteroatoms. The van der Waals surface area contributed by atoms with Crippen molar-refractivity contribution in [2.45, 2.75) is 25.9 Å². The number of carbonyl (C=O) groups excluding carboxylic acids is 1. The van der Waals surface area contributed by atoms with Gasteiger partial charge in [-0.1, -0.05) is 54.2 Å². The quantitative estimate of drug-likeness (QED) is 0.406. The smallest absolute Gasteiger partial charge is 0.229 e. The Morgan fingerprint density at radius 2 is 1.81 bits per heavy atom. The SMILES string of the molecule is CCOc1ccc(N2CSC3=C(C#N)C(c4cccc(OCc5ccccc5)c4)CC(=O)N3C2)cc1. The van der Waals surface area contributed by atoms with Crippen LogP contribution in [0.1, 0.15) is 30.4 Å². The van der Waals surface area contributed by atoms with E-state index in [1.54, 1.807) is 4.90 Å². The molecule has 2 aliphatic rings. The van der Waals surface area contributed by atoms with Crippen LogP contribution in [0, 0.1) is 11.3 Å². The first-order valence-corrected chi connectivity index (χ1v) is 13.0. The predicted molar refractivity (Wildman–Crippen MR) is 141 cm³/mol. The van der Waals surface area contributed by atoms with E-state index in [0.29, 0.717) is 31.3 Å².